The Kier molecular flexibility index (Phi) is 8.11. The summed E-state index contributed by atoms with van der Waals surface area (Å²) in [7, 11) is -0.286. The molecule has 164 valence electrons. The molecule has 0 aliphatic heterocycles. The van der Waals surface area contributed by atoms with Crippen LogP contribution < -0.4 is 19.1 Å². The molecule has 0 bridgehead atoms. The molecule has 0 aliphatic rings. The molecule has 1 amide bonds. The topological polar surface area (TPSA) is 84.9 Å². The van der Waals surface area contributed by atoms with E-state index in [9.17, 15) is 13.2 Å². The van der Waals surface area contributed by atoms with Crippen molar-refractivity contribution in [3.8, 4) is 11.5 Å². The lowest BCUT2D eigenvalue weighted by Crippen LogP contribution is -2.32. The zero-order valence-electron chi connectivity index (χ0n) is 18.1. The molecule has 0 heterocycles. The van der Waals surface area contributed by atoms with Crippen LogP contribution in [0.2, 0.25) is 0 Å². The number of carbonyl (C=O) groups excluding carboxylic acids is 1. The highest BCUT2D eigenvalue weighted by Gasteiger charge is 2.19. The molecule has 0 aromatic heterocycles. The van der Waals surface area contributed by atoms with Crippen LogP contribution in [0.1, 0.15) is 36.9 Å². The van der Waals surface area contributed by atoms with E-state index in [2.05, 4.69) is 5.32 Å². The van der Waals surface area contributed by atoms with Gasteiger partial charge in [0.25, 0.3) is 0 Å². The van der Waals surface area contributed by atoms with Gasteiger partial charge in [-0.25, -0.2) is 8.42 Å². The number of anilines is 1. The number of rotatable bonds is 10. The molecule has 1 unspecified atom stereocenters. The monoisotopic (exact) mass is 434 g/mol. The summed E-state index contributed by atoms with van der Waals surface area (Å²) >= 11 is 0. The van der Waals surface area contributed by atoms with E-state index in [1.807, 2.05) is 32.0 Å². The van der Waals surface area contributed by atoms with Crippen LogP contribution in [-0.4, -0.2) is 41.3 Å². The van der Waals surface area contributed by atoms with Crippen LogP contribution in [0.3, 0.4) is 0 Å². The Bertz CT molecular complexity index is 958. The quantitative estimate of drug-likeness (QED) is 0.619. The van der Waals surface area contributed by atoms with Crippen LogP contribution in [0.4, 0.5) is 5.69 Å². The van der Waals surface area contributed by atoms with Crippen molar-refractivity contribution >= 4 is 21.6 Å². The molecular weight excluding hydrogens is 404 g/mol. The third-order valence-electron chi connectivity index (χ3n) is 4.77. The van der Waals surface area contributed by atoms with Crippen LogP contribution in [-0.2, 0) is 14.8 Å². The average molecular weight is 435 g/mol. The van der Waals surface area contributed by atoms with Gasteiger partial charge in [-0.1, -0.05) is 17.7 Å². The number of aryl methyl sites for hydroxylation is 1. The highest BCUT2D eigenvalue weighted by atomic mass is 32.2. The number of sulfonamides is 1. The minimum atomic E-state index is -3.44. The van der Waals surface area contributed by atoms with E-state index in [1.54, 1.807) is 38.5 Å². The van der Waals surface area contributed by atoms with E-state index >= 15 is 0 Å². The number of nitrogens with zero attached hydrogens (tertiary/aromatic N) is 1. The van der Waals surface area contributed by atoms with Gasteiger partial charge in [0, 0.05) is 18.5 Å². The zero-order valence-corrected chi connectivity index (χ0v) is 19.0. The largest absolute Gasteiger partial charge is 0.497 e. The maximum Gasteiger partial charge on any atom is 0.232 e. The first-order valence-corrected chi connectivity index (χ1v) is 11.6. The molecule has 8 heteroatoms. The van der Waals surface area contributed by atoms with E-state index in [4.69, 9.17) is 9.47 Å². The summed E-state index contributed by atoms with van der Waals surface area (Å²) in [5, 5.41) is 2.94. The molecule has 2 rings (SSSR count). The Morgan fingerprint density at radius 3 is 2.33 bits per heavy atom. The van der Waals surface area contributed by atoms with Crippen LogP contribution in [0.15, 0.2) is 42.5 Å². The number of hydrogen-bond acceptors (Lipinski definition) is 5. The van der Waals surface area contributed by atoms with Crippen LogP contribution in [0, 0.1) is 6.92 Å². The van der Waals surface area contributed by atoms with E-state index in [1.165, 1.54) is 10.6 Å². The first-order chi connectivity index (χ1) is 14.2. The molecular formula is C22H30N2O5S. The van der Waals surface area contributed by atoms with Crippen molar-refractivity contribution in [3.63, 3.8) is 0 Å². The normalized spacial score (nSPS) is 12.2. The molecule has 1 atom stereocenters. The van der Waals surface area contributed by atoms with E-state index in [0.29, 0.717) is 23.6 Å². The first-order valence-electron chi connectivity index (χ1n) is 9.71. The fourth-order valence-electron chi connectivity index (χ4n) is 3.15. The molecule has 0 aliphatic carbocycles. The summed E-state index contributed by atoms with van der Waals surface area (Å²) in [4.78, 5) is 12.4. The zero-order chi connectivity index (χ0) is 22.3. The molecule has 2 aromatic carbocycles. The average Bonchev–Trinajstić information content (AvgIpc) is 2.70. The SMILES string of the molecule is COc1ccc(OC)c(C(C)NC(=O)CCCN(c2ccc(C)cc2)S(C)(=O)=O)c1. The lowest BCUT2D eigenvalue weighted by Gasteiger charge is -2.23. The van der Waals surface area contributed by atoms with E-state index < -0.39 is 10.0 Å². The second kappa shape index (κ2) is 10.3. The van der Waals surface area contributed by atoms with Crippen molar-refractivity contribution in [1.82, 2.24) is 5.32 Å². The van der Waals surface area contributed by atoms with Crippen LogP contribution in [0.5, 0.6) is 11.5 Å². The Balaban J connectivity index is 1.99. The molecule has 0 fully saturated rings. The lowest BCUT2D eigenvalue weighted by atomic mass is 10.1. The number of carbonyl (C=O) groups is 1. The van der Waals surface area contributed by atoms with Crippen LogP contribution >= 0.6 is 0 Å². The summed E-state index contributed by atoms with van der Waals surface area (Å²) in [6.07, 6.45) is 1.77. The minimum absolute atomic E-state index is 0.162. The molecule has 0 radical (unpaired) electrons. The number of nitrogens with one attached hydrogen (secondary N) is 1. The summed E-state index contributed by atoms with van der Waals surface area (Å²) < 4.78 is 36.3. The van der Waals surface area contributed by atoms with Crippen molar-refractivity contribution in [2.75, 3.05) is 31.3 Å². The van der Waals surface area contributed by atoms with Gasteiger partial charge in [-0.2, -0.15) is 0 Å². The van der Waals surface area contributed by atoms with Gasteiger partial charge in [-0.05, 0) is 50.6 Å². The van der Waals surface area contributed by atoms with Crippen molar-refractivity contribution in [2.24, 2.45) is 0 Å². The standard InChI is InChI=1S/C22H30N2O5S/c1-16-8-10-18(11-9-16)24(30(5,26)27)14-6-7-22(25)23-17(2)20-15-19(28-3)12-13-21(20)29-4/h8-13,15,17H,6-7,14H2,1-5H3,(H,23,25). The molecule has 0 spiro atoms. The van der Waals surface area contributed by atoms with Gasteiger partial charge in [0.15, 0.2) is 0 Å². The van der Waals surface area contributed by atoms with Gasteiger partial charge in [-0.3, -0.25) is 9.10 Å². The maximum atomic E-state index is 12.4. The summed E-state index contributed by atoms with van der Waals surface area (Å²) in [6.45, 7) is 4.04. The van der Waals surface area contributed by atoms with Crippen molar-refractivity contribution in [3.05, 3.63) is 53.6 Å². The molecule has 7 nitrogen and oxygen atoms in total. The van der Waals surface area contributed by atoms with Gasteiger partial charge in [0.2, 0.25) is 15.9 Å². The number of amides is 1. The summed E-state index contributed by atoms with van der Waals surface area (Å²) in [5.74, 6) is 1.17. The fraction of sp³-hybridized carbons (Fsp3) is 0.409. The van der Waals surface area contributed by atoms with Gasteiger partial charge in [-0.15, -0.1) is 0 Å². The van der Waals surface area contributed by atoms with Gasteiger partial charge in [0.05, 0.1) is 32.2 Å². The molecule has 1 N–H and O–H groups in total. The predicted molar refractivity (Wildman–Crippen MR) is 119 cm³/mol. The van der Waals surface area contributed by atoms with Crippen molar-refractivity contribution in [2.45, 2.75) is 32.7 Å². The van der Waals surface area contributed by atoms with Gasteiger partial charge < -0.3 is 14.8 Å². The third kappa shape index (κ3) is 6.38. The predicted octanol–water partition coefficient (Wildman–Crippen LogP) is 3.44. The first kappa shape index (κ1) is 23.5. The van der Waals surface area contributed by atoms with Gasteiger partial charge >= 0.3 is 0 Å². The van der Waals surface area contributed by atoms with Gasteiger partial charge in [0.1, 0.15) is 11.5 Å². The molecule has 0 saturated carbocycles. The number of methoxy groups -OCH3 is 2. The Hall–Kier alpha value is -2.74. The van der Waals surface area contributed by atoms with Crippen LogP contribution in [0.25, 0.3) is 0 Å². The van der Waals surface area contributed by atoms with Crippen molar-refractivity contribution in [1.29, 1.82) is 0 Å². The second-order valence-electron chi connectivity index (χ2n) is 7.17. The summed E-state index contributed by atoms with van der Waals surface area (Å²) in [5.41, 5.74) is 2.45. The highest BCUT2D eigenvalue weighted by Crippen LogP contribution is 2.29. The molecule has 30 heavy (non-hydrogen) atoms. The smallest absolute Gasteiger partial charge is 0.232 e. The second-order valence-corrected chi connectivity index (χ2v) is 9.08. The lowest BCUT2D eigenvalue weighted by molar-refractivity contribution is -0.121. The maximum absolute atomic E-state index is 12.4. The Labute approximate surface area is 179 Å². The van der Waals surface area contributed by atoms with Crippen molar-refractivity contribution < 1.29 is 22.7 Å². The fourth-order valence-corrected chi connectivity index (χ4v) is 4.12. The minimum Gasteiger partial charge on any atom is -0.497 e. The van der Waals surface area contributed by atoms with E-state index in [-0.39, 0.29) is 24.9 Å². The number of benzene rings is 2. The number of hydrogen-bond donors (Lipinski definition) is 1. The summed E-state index contributed by atoms with van der Waals surface area (Å²) in [6, 6.07) is 12.4. The molecule has 0 saturated heterocycles. The Morgan fingerprint density at radius 1 is 1.10 bits per heavy atom. The third-order valence-corrected chi connectivity index (χ3v) is 5.96. The molecule has 2 aromatic rings. The number of ether oxygens (including phenoxy) is 2. The Morgan fingerprint density at radius 2 is 1.77 bits per heavy atom. The highest BCUT2D eigenvalue weighted by molar-refractivity contribution is 7.92. The van der Waals surface area contributed by atoms with E-state index in [0.717, 1.165) is 11.1 Å².